The average Bonchev–Trinajstić information content (AvgIpc) is 2.19. The number of carbonyl (C=O) groups is 1. The molecule has 0 radical (unpaired) electrons. The summed E-state index contributed by atoms with van der Waals surface area (Å²) in [6.07, 6.45) is 0.409. The Labute approximate surface area is 84.1 Å². The van der Waals surface area contributed by atoms with Gasteiger partial charge in [0.2, 0.25) is 0 Å². The van der Waals surface area contributed by atoms with E-state index in [2.05, 4.69) is 0 Å². The first kappa shape index (κ1) is 11.3. The van der Waals surface area contributed by atoms with Crippen molar-refractivity contribution >= 4 is 6.09 Å². The van der Waals surface area contributed by atoms with Crippen LogP contribution in [0.4, 0.5) is 4.79 Å². The molecule has 0 aromatic carbocycles. The number of nitrogens with zero attached hydrogens (tertiary/aromatic N) is 1. The third-order valence-corrected chi connectivity index (χ3v) is 2.44. The number of methoxy groups -OCH3 is 1. The van der Waals surface area contributed by atoms with Crippen molar-refractivity contribution in [3.8, 4) is 0 Å². The topological polar surface area (TPSA) is 64.8 Å². The molecule has 1 amide bonds. The summed E-state index contributed by atoms with van der Waals surface area (Å²) in [4.78, 5) is 13.0. The molecule has 1 fully saturated rings. The van der Waals surface area contributed by atoms with Crippen molar-refractivity contribution < 1.29 is 14.3 Å². The standard InChI is InChI=1S/C9H18N2O3/c1-3-14-9(12)11-5-4-7(10)8(6-11)13-2/h7-8H,3-6,10H2,1-2H3/t7-,8-/m1/s1. The fourth-order valence-electron chi connectivity index (χ4n) is 1.56. The summed E-state index contributed by atoms with van der Waals surface area (Å²) in [5.74, 6) is 0. The van der Waals surface area contributed by atoms with Crippen molar-refractivity contribution in [1.82, 2.24) is 4.90 Å². The van der Waals surface area contributed by atoms with Crippen LogP contribution in [0, 0.1) is 0 Å². The third kappa shape index (κ3) is 2.59. The maximum atomic E-state index is 11.4. The highest BCUT2D eigenvalue weighted by molar-refractivity contribution is 5.67. The van der Waals surface area contributed by atoms with Gasteiger partial charge in [0.05, 0.1) is 19.3 Å². The molecule has 0 aliphatic carbocycles. The summed E-state index contributed by atoms with van der Waals surface area (Å²) in [5.41, 5.74) is 5.82. The predicted molar refractivity (Wildman–Crippen MR) is 52.0 cm³/mol. The van der Waals surface area contributed by atoms with Crippen LogP contribution in [0.3, 0.4) is 0 Å². The molecule has 0 bridgehead atoms. The van der Waals surface area contributed by atoms with Crippen LogP contribution in [0.5, 0.6) is 0 Å². The lowest BCUT2D eigenvalue weighted by molar-refractivity contribution is 0.0131. The van der Waals surface area contributed by atoms with Crippen molar-refractivity contribution in [2.75, 3.05) is 26.8 Å². The predicted octanol–water partition coefficient (Wildman–Crippen LogP) is 0.191. The Morgan fingerprint density at radius 1 is 1.64 bits per heavy atom. The minimum Gasteiger partial charge on any atom is -0.450 e. The van der Waals surface area contributed by atoms with Crippen LogP contribution in [-0.4, -0.2) is 49.9 Å². The highest BCUT2D eigenvalue weighted by Gasteiger charge is 2.29. The van der Waals surface area contributed by atoms with E-state index in [1.165, 1.54) is 0 Å². The van der Waals surface area contributed by atoms with Gasteiger partial charge < -0.3 is 20.1 Å². The van der Waals surface area contributed by atoms with Gasteiger partial charge in [-0.2, -0.15) is 0 Å². The molecule has 0 saturated carbocycles. The second-order valence-electron chi connectivity index (χ2n) is 3.37. The second kappa shape index (κ2) is 5.17. The van der Waals surface area contributed by atoms with E-state index in [0.717, 1.165) is 6.42 Å². The Morgan fingerprint density at radius 2 is 2.36 bits per heavy atom. The normalized spacial score (nSPS) is 27.5. The average molecular weight is 202 g/mol. The summed E-state index contributed by atoms with van der Waals surface area (Å²) in [6.45, 7) is 3.37. The van der Waals surface area contributed by atoms with Crippen molar-refractivity contribution in [3.63, 3.8) is 0 Å². The summed E-state index contributed by atoms with van der Waals surface area (Å²) in [6, 6.07) is 0.0191. The molecular formula is C9H18N2O3. The summed E-state index contributed by atoms with van der Waals surface area (Å²) < 4.78 is 10.1. The van der Waals surface area contributed by atoms with E-state index >= 15 is 0 Å². The quantitative estimate of drug-likeness (QED) is 0.694. The Bertz CT molecular complexity index is 198. The van der Waals surface area contributed by atoms with E-state index in [4.69, 9.17) is 15.2 Å². The largest absolute Gasteiger partial charge is 0.450 e. The Hall–Kier alpha value is -0.810. The van der Waals surface area contributed by atoms with Gasteiger partial charge in [-0.1, -0.05) is 0 Å². The molecule has 2 N–H and O–H groups in total. The number of hydrogen-bond acceptors (Lipinski definition) is 4. The van der Waals surface area contributed by atoms with Crippen molar-refractivity contribution in [2.45, 2.75) is 25.5 Å². The second-order valence-corrected chi connectivity index (χ2v) is 3.37. The highest BCUT2D eigenvalue weighted by Crippen LogP contribution is 2.12. The SMILES string of the molecule is CCOC(=O)N1CC[C@@H](N)[C@H](OC)C1. The molecule has 2 atom stereocenters. The minimum atomic E-state index is -0.276. The number of nitrogens with two attached hydrogens (primary N) is 1. The van der Waals surface area contributed by atoms with Gasteiger partial charge in [0.1, 0.15) is 0 Å². The van der Waals surface area contributed by atoms with Crippen molar-refractivity contribution in [2.24, 2.45) is 5.73 Å². The van der Waals surface area contributed by atoms with E-state index < -0.39 is 0 Å². The molecular weight excluding hydrogens is 184 g/mol. The van der Waals surface area contributed by atoms with E-state index in [-0.39, 0.29) is 18.2 Å². The van der Waals surface area contributed by atoms with Gasteiger partial charge in [0.25, 0.3) is 0 Å². The van der Waals surface area contributed by atoms with E-state index in [9.17, 15) is 4.79 Å². The Balaban J connectivity index is 2.45. The number of ether oxygens (including phenoxy) is 2. The molecule has 0 aromatic heterocycles. The van der Waals surface area contributed by atoms with Crippen LogP contribution in [0.1, 0.15) is 13.3 Å². The summed E-state index contributed by atoms with van der Waals surface area (Å²) in [5, 5.41) is 0. The van der Waals surface area contributed by atoms with Crippen LogP contribution in [0.15, 0.2) is 0 Å². The van der Waals surface area contributed by atoms with Gasteiger partial charge in [0.15, 0.2) is 0 Å². The lowest BCUT2D eigenvalue weighted by Crippen LogP contribution is -2.53. The van der Waals surface area contributed by atoms with Gasteiger partial charge >= 0.3 is 6.09 Å². The molecule has 1 rings (SSSR count). The monoisotopic (exact) mass is 202 g/mol. The van der Waals surface area contributed by atoms with Gasteiger partial charge in [-0.15, -0.1) is 0 Å². The third-order valence-electron chi connectivity index (χ3n) is 2.44. The molecule has 0 spiro atoms. The Morgan fingerprint density at radius 3 is 2.93 bits per heavy atom. The smallest absolute Gasteiger partial charge is 0.409 e. The van der Waals surface area contributed by atoms with Crippen molar-refractivity contribution in [1.29, 1.82) is 0 Å². The first-order chi connectivity index (χ1) is 6.69. The highest BCUT2D eigenvalue weighted by atomic mass is 16.6. The first-order valence-electron chi connectivity index (χ1n) is 4.89. The van der Waals surface area contributed by atoms with Crippen LogP contribution < -0.4 is 5.73 Å². The zero-order valence-electron chi connectivity index (χ0n) is 8.73. The van der Waals surface area contributed by atoms with Crippen LogP contribution in [0.2, 0.25) is 0 Å². The van der Waals surface area contributed by atoms with Crippen LogP contribution >= 0.6 is 0 Å². The number of carbonyl (C=O) groups excluding carboxylic acids is 1. The maximum Gasteiger partial charge on any atom is 0.409 e. The number of rotatable bonds is 2. The lowest BCUT2D eigenvalue weighted by atomic mass is 10.0. The zero-order chi connectivity index (χ0) is 10.6. The van der Waals surface area contributed by atoms with E-state index in [1.54, 1.807) is 18.9 Å². The number of hydrogen-bond donors (Lipinski definition) is 1. The van der Waals surface area contributed by atoms with E-state index in [1.807, 2.05) is 0 Å². The lowest BCUT2D eigenvalue weighted by Gasteiger charge is -2.35. The van der Waals surface area contributed by atoms with Crippen molar-refractivity contribution in [3.05, 3.63) is 0 Å². The molecule has 0 unspecified atom stereocenters. The maximum absolute atomic E-state index is 11.4. The fraction of sp³-hybridized carbons (Fsp3) is 0.889. The number of amides is 1. The van der Waals surface area contributed by atoms with Crippen LogP contribution in [-0.2, 0) is 9.47 Å². The molecule has 82 valence electrons. The number of likely N-dealkylation sites (tertiary alicyclic amines) is 1. The zero-order valence-corrected chi connectivity index (χ0v) is 8.73. The molecule has 0 aromatic rings. The molecule has 5 heteroatoms. The summed E-state index contributed by atoms with van der Waals surface area (Å²) in [7, 11) is 1.61. The number of piperidine rings is 1. The van der Waals surface area contributed by atoms with E-state index in [0.29, 0.717) is 19.7 Å². The van der Waals surface area contributed by atoms with Gasteiger partial charge in [-0.25, -0.2) is 4.79 Å². The summed E-state index contributed by atoms with van der Waals surface area (Å²) >= 11 is 0. The molecule has 1 aliphatic heterocycles. The molecule has 1 saturated heterocycles. The molecule has 5 nitrogen and oxygen atoms in total. The van der Waals surface area contributed by atoms with Gasteiger partial charge in [-0.05, 0) is 13.3 Å². The molecule has 14 heavy (non-hydrogen) atoms. The molecule has 1 heterocycles. The van der Waals surface area contributed by atoms with Crippen LogP contribution in [0.25, 0.3) is 0 Å². The molecule has 1 aliphatic rings. The van der Waals surface area contributed by atoms with Gasteiger partial charge in [-0.3, -0.25) is 0 Å². The fourth-order valence-corrected chi connectivity index (χ4v) is 1.56. The van der Waals surface area contributed by atoms with Gasteiger partial charge in [0, 0.05) is 19.7 Å². The minimum absolute atomic E-state index is 0.0191. The first-order valence-corrected chi connectivity index (χ1v) is 4.89. The Kier molecular flexibility index (Phi) is 4.16.